The predicted molar refractivity (Wildman–Crippen MR) is 83.2 cm³/mol. The van der Waals surface area contributed by atoms with Gasteiger partial charge in [-0.1, -0.05) is 46.0 Å². The molecule has 0 spiro atoms. The van der Waals surface area contributed by atoms with Crippen molar-refractivity contribution < 1.29 is 0 Å². The van der Waals surface area contributed by atoms with E-state index in [4.69, 9.17) is 5.73 Å². The Morgan fingerprint density at radius 2 is 1.63 bits per heavy atom. The Morgan fingerprint density at radius 1 is 1.00 bits per heavy atom. The van der Waals surface area contributed by atoms with Crippen molar-refractivity contribution in [3.05, 3.63) is 0 Å². The highest BCUT2D eigenvalue weighted by Gasteiger charge is 2.44. The third kappa shape index (κ3) is 3.33. The highest BCUT2D eigenvalue weighted by molar-refractivity contribution is 5.01. The van der Waals surface area contributed by atoms with Crippen LogP contribution in [0.25, 0.3) is 0 Å². The van der Waals surface area contributed by atoms with Gasteiger partial charge in [0.15, 0.2) is 0 Å². The second-order valence-corrected chi connectivity index (χ2v) is 7.16. The largest absolute Gasteiger partial charge is 0.329 e. The zero-order valence-electron chi connectivity index (χ0n) is 13.2. The summed E-state index contributed by atoms with van der Waals surface area (Å²) in [5.74, 6) is 1.58. The summed E-state index contributed by atoms with van der Waals surface area (Å²) in [5.41, 5.74) is 6.67. The highest BCUT2D eigenvalue weighted by atomic mass is 15.2. The molecule has 2 unspecified atom stereocenters. The van der Waals surface area contributed by atoms with Crippen molar-refractivity contribution in [3.8, 4) is 0 Å². The van der Waals surface area contributed by atoms with Crippen LogP contribution in [0.4, 0.5) is 0 Å². The molecule has 112 valence electrons. The van der Waals surface area contributed by atoms with Crippen molar-refractivity contribution in [3.63, 3.8) is 0 Å². The molecule has 1 saturated heterocycles. The Hall–Kier alpha value is -0.0800. The second kappa shape index (κ2) is 7.08. The van der Waals surface area contributed by atoms with Gasteiger partial charge in [-0.05, 0) is 50.6 Å². The van der Waals surface area contributed by atoms with Gasteiger partial charge in [-0.25, -0.2) is 0 Å². The number of nitrogens with two attached hydrogens (primary N) is 1. The molecule has 0 amide bonds. The zero-order valence-corrected chi connectivity index (χ0v) is 13.2. The Bertz CT molecular complexity index is 256. The van der Waals surface area contributed by atoms with Crippen LogP contribution in [-0.4, -0.2) is 30.1 Å². The minimum absolute atomic E-state index is 0.323. The number of nitrogens with zero attached hydrogens (tertiary/aromatic N) is 1. The van der Waals surface area contributed by atoms with Crippen LogP contribution in [0.5, 0.6) is 0 Å². The van der Waals surface area contributed by atoms with Gasteiger partial charge in [0, 0.05) is 12.1 Å². The number of hydrogen-bond acceptors (Lipinski definition) is 2. The Balaban J connectivity index is 2.16. The third-order valence-corrected chi connectivity index (χ3v) is 5.71. The molecule has 1 heterocycles. The molecule has 1 aliphatic heterocycles. The predicted octanol–water partition coefficient (Wildman–Crippen LogP) is 3.80. The average Bonchev–Trinajstić information content (AvgIpc) is 2.38. The molecule has 1 saturated carbocycles. The first-order valence-corrected chi connectivity index (χ1v) is 8.66. The first-order chi connectivity index (χ1) is 9.20. The van der Waals surface area contributed by atoms with Crippen molar-refractivity contribution in [2.24, 2.45) is 17.6 Å². The summed E-state index contributed by atoms with van der Waals surface area (Å²) in [5, 5.41) is 0. The third-order valence-electron chi connectivity index (χ3n) is 5.71. The molecule has 19 heavy (non-hydrogen) atoms. The lowest BCUT2D eigenvalue weighted by Gasteiger charge is -2.53. The van der Waals surface area contributed by atoms with Crippen molar-refractivity contribution in [1.82, 2.24) is 4.90 Å². The molecule has 0 aromatic carbocycles. The maximum absolute atomic E-state index is 6.35. The lowest BCUT2D eigenvalue weighted by Crippen LogP contribution is -2.61. The van der Waals surface area contributed by atoms with Gasteiger partial charge >= 0.3 is 0 Å². The Morgan fingerprint density at radius 3 is 2.21 bits per heavy atom. The summed E-state index contributed by atoms with van der Waals surface area (Å²) in [6, 6.07) is 0. The molecule has 1 aliphatic carbocycles. The van der Waals surface area contributed by atoms with Gasteiger partial charge in [-0.2, -0.15) is 0 Å². The molecular weight excluding hydrogens is 232 g/mol. The molecule has 2 rings (SSSR count). The van der Waals surface area contributed by atoms with Crippen molar-refractivity contribution in [2.75, 3.05) is 19.6 Å². The molecule has 0 aromatic heterocycles. The van der Waals surface area contributed by atoms with Gasteiger partial charge in [-0.3, -0.25) is 4.90 Å². The molecule has 2 aliphatic rings. The van der Waals surface area contributed by atoms with Crippen LogP contribution in [-0.2, 0) is 0 Å². The van der Waals surface area contributed by atoms with Gasteiger partial charge in [0.05, 0.1) is 0 Å². The van der Waals surface area contributed by atoms with E-state index in [1.54, 1.807) is 0 Å². The SMILES string of the molecule is CC(C)C1CCCCC1(CN)N1CCCCCCC1. The van der Waals surface area contributed by atoms with E-state index >= 15 is 0 Å². The van der Waals surface area contributed by atoms with Gasteiger partial charge in [0.25, 0.3) is 0 Å². The van der Waals surface area contributed by atoms with Crippen LogP contribution in [0.1, 0.15) is 71.6 Å². The van der Waals surface area contributed by atoms with Crippen LogP contribution >= 0.6 is 0 Å². The minimum atomic E-state index is 0.323. The van der Waals surface area contributed by atoms with E-state index < -0.39 is 0 Å². The van der Waals surface area contributed by atoms with E-state index in [2.05, 4.69) is 18.7 Å². The minimum Gasteiger partial charge on any atom is -0.329 e. The number of rotatable bonds is 3. The van der Waals surface area contributed by atoms with Gasteiger partial charge in [0.2, 0.25) is 0 Å². The molecule has 2 nitrogen and oxygen atoms in total. The van der Waals surface area contributed by atoms with Crippen LogP contribution in [0.15, 0.2) is 0 Å². The molecule has 2 atom stereocenters. The molecular formula is C17H34N2. The standard InChI is InChI=1S/C17H34N2/c1-15(2)16-10-6-7-11-17(16,14-18)19-12-8-4-3-5-9-13-19/h15-16H,3-14,18H2,1-2H3. The van der Waals surface area contributed by atoms with E-state index in [0.717, 1.165) is 18.4 Å². The number of likely N-dealkylation sites (tertiary alicyclic amines) is 1. The van der Waals surface area contributed by atoms with E-state index in [1.807, 2.05) is 0 Å². The highest BCUT2D eigenvalue weighted by Crippen LogP contribution is 2.42. The van der Waals surface area contributed by atoms with Gasteiger partial charge < -0.3 is 5.73 Å². The summed E-state index contributed by atoms with van der Waals surface area (Å²) in [7, 11) is 0. The fourth-order valence-corrected chi connectivity index (χ4v) is 4.67. The summed E-state index contributed by atoms with van der Waals surface area (Å²) in [4.78, 5) is 2.82. The molecule has 2 heteroatoms. The summed E-state index contributed by atoms with van der Waals surface area (Å²) in [6.45, 7) is 8.27. The summed E-state index contributed by atoms with van der Waals surface area (Å²) < 4.78 is 0. The molecule has 2 fully saturated rings. The van der Waals surface area contributed by atoms with E-state index in [9.17, 15) is 0 Å². The quantitative estimate of drug-likeness (QED) is 0.842. The van der Waals surface area contributed by atoms with Gasteiger partial charge in [-0.15, -0.1) is 0 Å². The average molecular weight is 266 g/mol. The van der Waals surface area contributed by atoms with Crippen molar-refractivity contribution in [1.29, 1.82) is 0 Å². The van der Waals surface area contributed by atoms with Crippen molar-refractivity contribution in [2.45, 2.75) is 77.2 Å². The first kappa shape index (κ1) is 15.3. The lowest BCUT2D eigenvalue weighted by atomic mass is 9.66. The number of hydrogen-bond donors (Lipinski definition) is 1. The normalized spacial score (nSPS) is 35.1. The summed E-state index contributed by atoms with van der Waals surface area (Å²) in [6.07, 6.45) is 12.6. The fraction of sp³-hybridized carbons (Fsp3) is 1.00. The Kier molecular flexibility index (Phi) is 5.70. The molecule has 0 bridgehead atoms. The molecule has 2 N–H and O–H groups in total. The summed E-state index contributed by atoms with van der Waals surface area (Å²) >= 11 is 0. The smallest absolute Gasteiger partial charge is 0.0362 e. The maximum Gasteiger partial charge on any atom is 0.0362 e. The van der Waals surface area contributed by atoms with Crippen LogP contribution in [0, 0.1) is 11.8 Å². The monoisotopic (exact) mass is 266 g/mol. The van der Waals surface area contributed by atoms with E-state index in [1.165, 1.54) is 70.9 Å². The van der Waals surface area contributed by atoms with E-state index in [0.29, 0.717) is 5.54 Å². The lowest BCUT2D eigenvalue weighted by molar-refractivity contribution is -0.0181. The van der Waals surface area contributed by atoms with Crippen LogP contribution in [0.3, 0.4) is 0 Å². The van der Waals surface area contributed by atoms with Crippen LogP contribution < -0.4 is 5.73 Å². The second-order valence-electron chi connectivity index (χ2n) is 7.16. The molecule has 0 radical (unpaired) electrons. The first-order valence-electron chi connectivity index (χ1n) is 8.66. The van der Waals surface area contributed by atoms with E-state index in [-0.39, 0.29) is 0 Å². The van der Waals surface area contributed by atoms with Crippen LogP contribution in [0.2, 0.25) is 0 Å². The van der Waals surface area contributed by atoms with Crippen molar-refractivity contribution >= 4 is 0 Å². The zero-order chi connectivity index (χ0) is 13.7. The van der Waals surface area contributed by atoms with Gasteiger partial charge in [0.1, 0.15) is 0 Å². The fourth-order valence-electron chi connectivity index (χ4n) is 4.67. The molecule has 0 aromatic rings. The maximum atomic E-state index is 6.35. The topological polar surface area (TPSA) is 29.3 Å². The Labute approximate surface area is 120 Å².